The Kier molecular flexibility index (Phi) is 3.77. The predicted octanol–water partition coefficient (Wildman–Crippen LogP) is 0.605. The number of rotatable bonds is 4. The molecule has 3 N–H and O–H groups in total. The highest BCUT2D eigenvalue weighted by molar-refractivity contribution is 5.95. The van der Waals surface area contributed by atoms with Crippen molar-refractivity contribution in [3.8, 4) is 0 Å². The predicted molar refractivity (Wildman–Crippen MR) is 59.6 cm³/mol. The first-order valence-electron chi connectivity index (χ1n) is 5.02. The number of pyridine rings is 1. The van der Waals surface area contributed by atoms with Gasteiger partial charge in [-0.05, 0) is 19.9 Å². The molecule has 1 heterocycles. The molecule has 1 aromatic heterocycles. The van der Waals surface area contributed by atoms with Gasteiger partial charge in [-0.15, -0.1) is 0 Å². The SMILES string of the molecule is CC(C)(CC(N)=O)NC(=O)c1ccncc1F. The van der Waals surface area contributed by atoms with Crippen LogP contribution in [0.4, 0.5) is 4.39 Å². The van der Waals surface area contributed by atoms with Crippen molar-refractivity contribution in [3.63, 3.8) is 0 Å². The van der Waals surface area contributed by atoms with Crippen molar-refractivity contribution >= 4 is 11.8 Å². The molecule has 0 atom stereocenters. The van der Waals surface area contributed by atoms with Crippen molar-refractivity contribution in [2.45, 2.75) is 25.8 Å². The minimum atomic E-state index is -0.821. The molecule has 0 unspecified atom stereocenters. The van der Waals surface area contributed by atoms with Crippen LogP contribution < -0.4 is 11.1 Å². The maximum absolute atomic E-state index is 13.3. The van der Waals surface area contributed by atoms with Gasteiger partial charge in [0.2, 0.25) is 5.91 Å². The second-order valence-electron chi connectivity index (χ2n) is 4.34. The Bertz CT molecular complexity index is 446. The highest BCUT2D eigenvalue weighted by Crippen LogP contribution is 2.11. The first kappa shape index (κ1) is 13.1. The smallest absolute Gasteiger partial charge is 0.254 e. The number of nitrogens with zero attached hydrogens (tertiary/aromatic N) is 1. The van der Waals surface area contributed by atoms with Gasteiger partial charge >= 0.3 is 0 Å². The third-order valence-corrected chi connectivity index (χ3v) is 2.09. The molecule has 0 aromatic carbocycles. The minimum absolute atomic E-state index is 0.0224. The molecule has 0 fully saturated rings. The van der Waals surface area contributed by atoms with Crippen LogP contribution in [0, 0.1) is 5.82 Å². The summed E-state index contributed by atoms with van der Waals surface area (Å²) in [5.41, 5.74) is 4.11. The van der Waals surface area contributed by atoms with Gasteiger partial charge in [0.15, 0.2) is 5.82 Å². The highest BCUT2D eigenvalue weighted by atomic mass is 19.1. The molecule has 0 aliphatic heterocycles. The Labute approximate surface area is 98.2 Å². The van der Waals surface area contributed by atoms with Crippen LogP contribution in [0.1, 0.15) is 30.6 Å². The van der Waals surface area contributed by atoms with E-state index in [4.69, 9.17) is 5.73 Å². The average molecular weight is 239 g/mol. The Morgan fingerprint density at radius 1 is 1.53 bits per heavy atom. The summed E-state index contributed by atoms with van der Waals surface area (Å²) in [6.07, 6.45) is 2.25. The topological polar surface area (TPSA) is 85.1 Å². The van der Waals surface area contributed by atoms with Gasteiger partial charge in [-0.3, -0.25) is 14.6 Å². The second-order valence-corrected chi connectivity index (χ2v) is 4.34. The molecule has 92 valence electrons. The molecule has 0 aliphatic rings. The molecule has 0 bridgehead atoms. The molecule has 1 aromatic rings. The molecule has 5 nitrogen and oxygen atoms in total. The van der Waals surface area contributed by atoms with Gasteiger partial charge in [0.25, 0.3) is 5.91 Å². The molecule has 0 spiro atoms. The van der Waals surface area contributed by atoms with Crippen LogP contribution in [0.3, 0.4) is 0 Å². The minimum Gasteiger partial charge on any atom is -0.370 e. The maximum atomic E-state index is 13.3. The van der Waals surface area contributed by atoms with E-state index in [0.29, 0.717) is 0 Å². The largest absolute Gasteiger partial charge is 0.370 e. The van der Waals surface area contributed by atoms with Crippen molar-refractivity contribution < 1.29 is 14.0 Å². The van der Waals surface area contributed by atoms with E-state index in [1.807, 2.05) is 0 Å². The number of carbonyl (C=O) groups is 2. The van der Waals surface area contributed by atoms with Crippen molar-refractivity contribution in [1.29, 1.82) is 0 Å². The number of hydrogen-bond donors (Lipinski definition) is 2. The fourth-order valence-electron chi connectivity index (χ4n) is 1.41. The van der Waals surface area contributed by atoms with E-state index in [-0.39, 0.29) is 12.0 Å². The summed E-state index contributed by atoms with van der Waals surface area (Å²) in [5, 5.41) is 2.54. The number of nitrogens with one attached hydrogen (secondary N) is 1. The van der Waals surface area contributed by atoms with Gasteiger partial charge in [0.1, 0.15) is 0 Å². The van der Waals surface area contributed by atoms with Crippen LogP contribution in [-0.4, -0.2) is 22.3 Å². The summed E-state index contributed by atoms with van der Waals surface area (Å²) in [6.45, 7) is 3.27. The molecule has 17 heavy (non-hydrogen) atoms. The van der Waals surface area contributed by atoms with Crippen LogP contribution in [0.5, 0.6) is 0 Å². The fourth-order valence-corrected chi connectivity index (χ4v) is 1.41. The van der Waals surface area contributed by atoms with Crippen molar-refractivity contribution in [1.82, 2.24) is 10.3 Å². The first-order chi connectivity index (χ1) is 7.82. The number of primary amides is 1. The molecular weight excluding hydrogens is 225 g/mol. The molecule has 0 radical (unpaired) electrons. The number of amides is 2. The number of nitrogens with two attached hydrogens (primary N) is 1. The van der Waals surface area contributed by atoms with Gasteiger partial charge in [-0.1, -0.05) is 0 Å². The summed E-state index contributed by atoms with van der Waals surface area (Å²) in [5.74, 6) is -1.85. The summed E-state index contributed by atoms with van der Waals surface area (Å²) >= 11 is 0. The molecule has 2 amide bonds. The lowest BCUT2D eigenvalue weighted by Crippen LogP contribution is -2.46. The van der Waals surface area contributed by atoms with Crippen molar-refractivity contribution in [3.05, 3.63) is 29.8 Å². The number of aromatic nitrogens is 1. The van der Waals surface area contributed by atoms with Crippen molar-refractivity contribution in [2.24, 2.45) is 5.73 Å². The lowest BCUT2D eigenvalue weighted by Gasteiger charge is -2.24. The molecule has 1 rings (SSSR count). The average Bonchev–Trinajstić information content (AvgIpc) is 2.14. The zero-order chi connectivity index (χ0) is 13.1. The van der Waals surface area contributed by atoms with Crippen LogP contribution in [0.15, 0.2) is 18.5 Å². The molecular formula is C11H14FN3O2. The molecule has 0 saturated heterocycles. The Morgan fingerprint density at radius 3 is 2.71 bits per heavy atom. The Balaban J connectivity index is 2.79. The van der Waals surface area contributed by atoms with Gasteiger partial charge in [-0.2, -0.15) is 0 Å². The highest BCUT2D eigenvalue weighted by Gasteiger charge is 2.24. The lowest BCUT2D eigenvalue weighted by atomic mass is 9.99. The first-order valence-corrected chi connectivity index (χ1v) is 5.02. The van der Waals surface area contributed by atoms with E-state index in [1.54, 1.807) is 13.8 Å². The quantitative estimate of drug-likeness (QED) is 0.807. The van der Waals surface area contributed by atoms with E-state index in [0.717, 1.165) is 6.20 Å². The monoisotopic (exact) mass is 239 g/mol. The van der Waals surface area contributed by atoms with Gasteiger partial charge in [0.05, 0.1) is 11.8 Å². The standard InChI is InChI=1S/C11H14FN3O2/c1-11(2,5-9(13)16)15-10(17)7-3-4-14-6-8(7)12/h3-4,6H,5H2,1-2H3,(H2,13,16)(H,15,17). The third-order valence-electron chi connectivity index (χ3n) is 2.09. The molecule has 0 aliphatic carbocycles. The van der Waals surface area contributed by atoms with E-state index < -0.39 is 23.2 Å². The van der Waals surface area contributed by atoms with Crippen LogP contribution in [0.25, 0.3) is 0 Å². The van der Waals surface area contributed by atoms with E-state index in [1.165, 1.54) is 12.3 Å². The summed E-state index contributed by atoms with van der Waals surface area (Å²) in [7, 11) is 0. The Morgan fingerprint density at radius 2 is 2.18 bits per heavy atom. The number of halogens is 1. The third kappa shape index (κ3) is 3.82. The maximum Gasteiger partial charge on any atom is 0.254 e. The van der Waals surface area contributed by atoms with Gasteiger partial charge in [0, 0.05) is 18.2 Å². The molecule has 6 heteroatoms. The van der Waals surface area contributed by atoms with Crippen LogP contribution in [-0.2, 0) is 4.79 Å². The van der Waals surface area contributed by atoms with Gasteiger partial charge < -0.3 is 11.1 Å². The zero-order valence-corrected chi connectivity index (χ0v) is 9.66. The fraction of sp³-hybridized carbons (Fsp3) is 0.364. The summed E-state index contributed by atoms with van der Waals surface area (Å²) < 4.78 is 13.3. The normalized spacial score (nSPS) is 11.0. The lowest BCUT2D eigenvalue weighted by molar-refractivity contribution is -0.119. The van der Waals surface area contributed by atoms with E-state index in [9.17, 15) is 14.0 Å². The summed E-state index contributed by atoms with van der Waals surface area (Å²) in [4.78, 5) is 26.1. The van der Waals surface area contributed by atoms with Crippen molar-refractivity contribution in [2.75, 3.05) is 0 Å². The summed E-state index contributed by atoms with van der Waals surface area (Å²) in [6, 6.07) is 1.27. The Hall–Kier alpha value is -1.98. The number of hydrogen-bond acceptors (Lipinski definition) is 3. The van der Waals surface area contributed by atoms with Gasteiger partial charge in [-0.25, -0.2) is 4.39 Å². The second kappa shape index (κ2) is 4.90. The number of carbonyl (C=O) groups excluding carboxylic acids is 2. The molecule has 0 saturated carbocycles. The van der Waals surface area contributed by atoms with Crippen LogP contribution in [0.2, 0.25) is 0 Å². The van der Waals surface area contributed by atoms with Crippen LogP contribution >= 0.6 is 0 Å². The van der Waals surface area contributed by atoms with E-state index >= 15 is 0 Å². The zero-order valence-electron chi connectivity index (χ0n) is 9.66. The van der Waals surface area contributed by atoms with E-state index in [2.05, 4.69) is 10.3 Å².